The SMILES string of the molecule is CC(C)CC(=O)Nc1ccc(C(=O)NC(C)(C)C)cc1. The number of carbonyl (C=O) groups is 2. The number of hydrogen-bond acceptors (Lipinski definition) is 2. The number of nitrogens with one attached hydrogen (secondary N) is 2. The van der Waals surface area contributed by atoms with E-state index >= 15 is 0 Å². The van der Waals surface area contributed by atoms with E-state index in [2.05, 4.69) is 10.6 Å². The largest absolute Gasteiger partial charge is 0.347 e. The van der Waals surface area contributed by atoms with E-state index in [0.29, 0.717) is 23.6 Å². The lowest BCUT2D eigenvalue weighted by atomic mass is 10.1. The van der Waals surface area contributed by atoms with Crippen LogP contribution >= 0.6 is 0 Å². The Labute approximate surface area is 121 Å². The first-order valence-corrected chi connectivity index (χ1v) is 6.90. The molecule has 110 valence electrons. The zero-order chi connectivity index (χ0) is 15.3. The van der Waals surface area contributed by atoms with E-state index in [9.17, 15) is 9.59 Å². The van der Waals surface area contributed by atoms with Gasteiger partial charge in [0.05, 0.1) is 0 Å². The van der Waals surface area contributed by atoms with E-state index in [0.717, 1.165) is 0 Å². The van der Waals surface area contributed by atoms with Crippen molar-refractivity contribution < 1.29 is 9.59 Å². The highest BCUT2D eigenvalue weighted by molar-refractivity contribution is 5.96. The Morgan fingerprint density at radius 3 is 2.10 bits per heavy atom. The summed E-state index contributed by atoms with van der Waals surface area (Å²) >= 11 is 0. The van der Waals surface area contributed by atoms with E-state index in [4.69, 9.17) is 0 Å². The molecular weight excluding hydrogens is 252 g/mol. The van der Waals surface area contributed by atoms with E-state index in [1.54, 1.807) is 24.3 Å². The van der Waals surface area contributed by atoms with Crippen molar-refractivity contribution in [3.63, 3.8) is 0 Å². The summed E-state index contributed by atoms with van der Waals surface area (Å²) in [6.07, 6.45) is 0.492. The fraction of sp³-hybridized carbons (Fsp3) is 0.500. The first-order valence-electron chi connectivity index (χ1n) is 6.90. The third kappa shape index (κ3) is 5.87. The lowest BCUT2D eigenvalue weighted by Gasteiger charge is -2.20. The molecule has 1 aromatic carbocycles. The first kappa shape index (κ1) is 16.2. The van der Waals surface area contributed by atoms with Gasteiger partial charge in [-0.3, -0.25) is 9.59 Å². The highest BCUT2D eigenvalue weighted by Crippen LogP contribution is 2.12. The predicted molar refractivity (Wildman–Crippen MR) is 81.7 cm³/mol. The van der Waals surface area contributed by atoms with Gasteiger partial charge in [-0.25, -0.2) is 0 Å². The molecule has 0 saturated carbocycles. The van der Waals surface area contributed by atoms with Gasteiger partial charge in [-0.15, -0.1) is 0 Å². The maximum absolute atomic E-state index is 11.9. The highest BCUT2D eigenvalue weighted by Gasteiger charge is 2.15. The van der Waals surface area contributed by atoms with E-state index in [1.807, 2.05) is 34.6 Å². The van der Waals surface area contributed by atoms with Gasteiger partial charge in [0.1, 0.15) is 0 Å². The minimum Gasteiger partial charge on any atom is -0.347 e. The molecule has 0 aliphatic carbocycles. The lowest BCUT2D eigenvalue weighted by Crippen LogP contribution is -2.40. The minimum absolute atomic E-state index is 0.00751. The van der Waals surface area contributed by atoms with Crippen LogP contribution in [0.5, 0.6) is 0 Å². The van der Waals surface area contributed by atoms with Gasteiger partial charge in [0.25, 0.3) is 5.91 Å². The average Bonchev–Trinajstić information content (AvgIpc) is 2.26. The zero-order valence-corrected chi connectivity index (χ0v) is 12.9. The number of hydrogen-bond donors (Lipinski definition) is 2. The molecule has 0 aromatic heterocycles. The average molecular weight is 276 g/mol. The molecule has 0 unspecified atom stereocenters. The van der Waals surface area contributed by atoms with Gasteiger partial charge in [-0.1, -0.05) is 13.8 Å². The van der Waals surface area contributed by atoms with Gasteiger partial charge in [0, 0.05) is 23.2 Å². The van der Waals surface area contributed by atoms with Gasteiger partial charge in [-0.05, 0) is 51.0 Å². The van der Waals surface area contributed by atoms with Crippen LogP contribution < -0.4 is 10.6 Å². The third-order valence-electron chi connectivity index (χ3n) is 2.51. The number of carbonyl (C=O) groups excluding carboxylic acids is 2. The van der Waals surface area contributed by atoms with Crippen molar-refractivity contribution in [2.24, 2.45) is 5.92 Å². The highest BCUT2D eigenvalue weighted by atomic mass is 16.2. The maximum Gasteiger partial charge on any atom is 0.251 e. The van der Waals surface area contributed by atoms with Crippen LogP contribution in [0.2, 0.25) is 0 Å². The maximum atomic E-state index is 11.9. The molecule has 0 aliphatic heterocycles. The van der Waals surface area contributed by atoms with Gasteiger partial charge < -0.3 is 10.6 Å². The lowest BCUT2D eigenvalue weighted by molar-refractivity contribution is -0.116. The Balaban J connectivity index is 2.65. The van der Waals surface area contributed by atoms with Gasteiger partial charge in [0.2, 0.25) is 5.91 Å². The quantitative estimate of drug-likeness (QED) is 0.887. The van der Waals surface area contributed by atoms with E-state index in [-0.39, 0.29) is 17.4 Å². The van der Waals surface area contributed by atoms with E-state index < -0.39 is 0 Å². The zero-order valence-electron chi connectivity index (χ0n) is 12.9. The summed E-state index contributed by atoms with van der Waals surface area (Å²) in [4.78, 5) is 23.6. The normalized spacial score (nSPS) is 11.3. The number of benzene rings is 1. The number of rotatable bonds is 4. The molecule has 0 spiro atoms. The minimum atomic E-state index is -0.263. The fourth-order valence-electron chi connectivity index (χ4n) is 1.70. The van der Waals surface area contributed by atoms with E-state index in [1.165, 1.54) is 0 Å². The molecule has 0 bridgehead atoms. The van der Waals surface area contributed by atoms with Crippen LogP contribution in [0.25, 0.3) is 0 Å². The molecule has 1 aromatic rings. The molecule has 2 N–H and O–H groups in total. The smallest absolute Gasteiger partial charge is 0.251 e. The number of anilines is 1. The van der Waals surface area contributed by atoms with Crippen LogP contribution in [-0.2, 0) is 4.79 Å². The van der Waals surface area contributed by atoms with Crippen molar-refractivity contribution in [3.05, 3.63) is 29.8 Å². The van der Waals surface area contributed by atoms with Crippen LogP contribution in [0.4, 0.5) is 5.69 Å². The van der Waals surface area contributed by atoms with Crippen molar-refractivity contribution in [2.75, 3.05) is 5.32 Å². The van der Waals surface area contributed by atoms with Gasteiger partial charge in [-0.2, -0.15) is 0 Å². The molecule has 0 radical (unpaired) electrons. The Bertz CT molecular complexity index is 470. The van der Waals surface area contributed by atoms with Crippen molar-refractivity contribution in [2.45, 2.75) is 46.6 Å². The summed E-state index contributed by atoms with van der Waals surface area (Å²) in [6.45, 7) is 9.81. The summed E-state index contributed by atoms with van der Waals surface area (Å²) in [5.41, 5.74) is 1.03. The first-order chi connectivity index (χ1) is 9.17. The third-order valence-corrected chi connectivity index (χ3v) is 2.51. The second-order valence-corrected chi connectivity index (χ2v) is 6.43. The molecule has 4 nitrogen and oxygen atoms in total. The molecule has 2 amide bonds. The van der Waals surface area contributed by atoms with Crippen LogP contribution in [0.15, 0.2) is 24.3 Å². The fourth-order valence-corrected chi connectivity index (χ4v) is 1.70. The second-order valence-electron chi connectivity index (χ2n) is 6.43. The molecule has 0 atom stereocenters. The van der Waals surface area contributed by atoms with Crippen LogP contribution in [0.3, 0.4) is 0 Å². The Morgan fingerprint density at radius 2 is 1.65 bits per heavy atom. The molecule has 0 saturated heterocycles. The second kappa shape index (κ2) is 6.55. The molecule has 20 heavy (non-hydrogen) atoms. The molecule has 0 heterocycles. The topological polar surface area (TPSA) is 58.2 Å². The van der Waals surface area contributed by atoms with Crippen molar-refractivity contribution in [1.82, 2.24) is 5.32 Å². The van der Waals surface area contributed by atoms with Crippen molar-refractivity contribution in [3.8, 4) is 0 Å². The molecular formula is C16H24N2O2. The van der Waals surface area contributed by atoms with Crippen molar-refractivity contribution >= 4 is 17.5 Å². The Kier molecular flexibility index (Phi) is 5.31. The monoisotopic (exact) mass is 276 g/mol. The predicted octanol–water partition coefficient (Wildman–Crippen LogP) is 3.20. The molecule has 4 heteroatoms. The Morgan fingerprint density at radius 1 is 1.10 bits per heavy atom. The molecule has 0 aliphatic rings. The standard InChI is InChI=1S/C16H24N2O2/c1-11(2)10-14(19)17-13-8-6-12(7-9-13)15(20)18-16(3,4)5/h6-9,11H,10H2,1-5H3,(H,17,19)(H,18,20). The molecule has 0 fully saturated rings. The Hall–Kier alpha value is -1.84. The summed E-state index contributed by atoms with van der Waals surface area (Å²) in [5.74, 6) is 0.205. The summed E-state index contributed by atoms with van der Waals surface area (Å²) < 4.78 is 0. The van der Waals surface area contributed by atoms with Crippen LogP contribution in [-0.4, -0.2) is 17.4 Å². The van der Waals surface area contributed by atoms with Gasteiger partial charge >= 0.3 is 0 Å². The summed E-state index contributed by atoms with van der Waals surface area (Å²) in [7, 11) is 0. The van der Waals surface area contributed by atoms with Gasteiger partial charge in [0.15, 0.2) is 0 Å². The van der Waals surface area contributed by atoms with Crippen LogP contribution in [0, 0.1) is 5.92 Å². The van der Waals surface area contributed by atoms with Crippen LogP contribution in [0.1, 0.15) is 51.4 Å². The summed E-state index contributed by atoms with van der Waals surface area (Å²) in [5, 5.41) is 5.71. The molecule has 1 rings (SSSR count). The van der Waals surface area contributed by atoms with Crippen molar-refractivity contribution in [1.29, 1.82) is 0 Å². The summed E-state index contributed by atoms with van der Waals surface area (Å²) in [6, 6.07) is 6.92. The number of amides is 2.